The zero-order valence-corrected chi connectivity index (χ0v) is 24.4. The van der Waals surface area contributed by atoms with Crippen molar-refractivity contribution in [3.8, 4) is 0 Å². The normalized spacial score (nSPS) is 17.0. The lowest BCUT2D eigenvalue weighted by atomic mass is 9.84. The Morgan fingerprint density at radius 2 is 1.77 bits per heavy atom. The van der Waals surface area contributed by atoms with Crippen LogP contribution >= 0.6 is 22.9 Å². The van der Waals surface area contributed by atoms with Gasteiger partial charge in [-0.15, -0.1) is 11.3 Å². The third kappa shape index (κ3) is 6.20. The van der Waals surface area contributed by atoms with Crippen LogP contribution in [-0.2, 0) is 16.0 Å². The second kappa shape index (κ2) is 11.9. The molecular weight excluding hydrogens is 532 g/mol. The molecule has 1 N–H and O–H groups in total. The van der Waals surface area contributed by atoms with Gasteiger partial charge >= 0.3 is 5.97 Å². The molecule has 2 aromatic carbocycles. The minimum absolute atomic E-state index is 0.00826. The van der Waals surface area contributed by atoms with E-state index in [1.54, 1.807) is 30.9 Å². The van der Waals surface area contributed by atoms with Gasteiger partial charge in [0.25, 0.3) is 5.91 Å². The molecular formula is C31H35ClN2O4S. The highest BCUT2D eigenvalue weighted by Gasteiger charge is 2.39. The molecule has 0 radical (unpaired) electrons. The molecule has 2 atom stereocenters. The lowest BCUT2D eigenvalue weighted by molar-refractivity contribution is -0.147. The number of carboxylic acid groups (broad SMARTS) is 1. The van der Waals surface area contributed by atoms with Crippen molar-refractivity contribution in [2.75, 3.05) is 16.3 Å². The maximum Gasteiger partial charge on any atom is 0.309 e. The summed E-state index contributed by atoms with van der Waals surface area (Å²) in [5, 5.41) is 9.97. The van der Waals surface area contributed by atoms with Crippen LogP contribution in [0, 0.1) is 5.41 Å². The van der Waals surface area contributed by atoms with E-state index in [-0.39, 0.29) is 23.8 Å². The number of carbonyl (C=O) groups excluding carboxylic acids is 2. The first-order valence-electron chi connectivity index (χ1n) is 13.3. The third-order valence-electron chi connectivity index (χ3n) is 7.50. The Morgan fingerprint density at radius 1 is 1.08 bits per heavy atom. The van der Waals surface area contributed by atoms with E-state index in [4.69, 9.17) is 11.6 Å². The fourth-order valence-electron chi connectivity index (χ4n) is 5.19. The highest BCUT2D eigenvalue weighted by atomic mass is 35.5. The van der Waals surface area contributed by atoms with E-state index in [9.17, 15) is 19.5 Å². The maximum absolute atomic E-state index is 13.8. The second-order valence-electron chi connectivity index (χ2n) is 10.7. The first kappa shape index (κ1) is 28.8. The number of hydrogen-bond acceptors (Lipinski definition) is 4. The van der Waals surface area contributed by atoms with Crippen LogP contribution in [0.2, 0.25) is 5.02 Å². The summed E-state index contributed by atoms with van der Waals surface area (Å²) in [6.45, 7) is 7.95. The van der Waals surface area contributed by atoms with Gasteiger partial charge in [-0.3, -0.25) is 14.4 Å². The van der Waals surface area contributed by atoms with E-state index < -0.39 is 11.4 Å². The Kier molecular flexibility index (Phi) is 8.82. The van der Waals surface area contributed by atoms with E-state index in [0.29, 0.717) is 29.3 Å². The van der Waals surface area contributed by atoms with E-state index in [1.807, 2.05) is 67.3 Å². The van der Waals surface area contributed by atoms with E-state index in [2.05, 4.69) is 0 Å². The Hall–Kier alpha value is -3.16. The van der Waals surface area contributed by atoms with Crippen LogP contribution in [0.5, 0.6) is 0 Å². The van der Waals surface area contributed by atoms with Crippen molar-refractivity contribution in [3.05, 3.63) is 81.0 Å². The van der Waals surface area contributed by atoms with Crippen molar-refractivity contribution in [1.82, 2.24) is 0 Å². The van der Waals surface area contributed by atoms with Gasteiger partial charge in [0.05, 0.1) is 16.2 Å². The molecule has 1 aromatic heterocycles. The molecule has 0 saturated carbocycles. The number of para-hydroxylation sites is 1. The summed E-state index contributed by atoms with van der Waals surface area (Å²) >= 11 is 7.52. The van der Waals surface area contributed by atoms with Gasteiger partial charge in [0.15, 0.2) is 0 Å². The van der Waals surface area contributed by atoms with Crippen LogP contribution in [0.3, 0.4) is 0 Å². The van der Waals surface area contributed by atoms with Gasteiger partial charge in [0.2, 0.25) is 5.91 Å². The fraction of sp³-hybridized carbons (Fsp3) is 0.387. The minimum atomic E-state index is -0.797. The van der Waals surface area contributed by atoms with E-state index in [0.717, 1.165) is 34.7 Å². The quantitative estimate of drug-likeness (QED) is 0.292. The van der Waals surface area contributed by atoms with Gasteiger partial charge < -0.3 is 14.9 Å². The molecule has 206 valence electrons. The highest BCUT2D eigenvalue weighted by molar-refractivity contribution is 7.14. The molecule has 8 heteroatoms. The van der Waals surface area contributed by atoms with Gasteiger partial charge in [0.1, 0.15) is 0 Å². The molecule has 1 aliphatic heterocycles. The van der Waals surface area contributed by atoms with Gasteiger partial charge in [-0.1, -0.05) is 29.8 Å². The van der Waals surface area contributed by atoms with Crippen molar-refractivity contribution in [3.63, 3.8) is 0 Å². The van der Waals surface area contributed by atoms with E-state index in [1.165, 1.54) is 11.3 Å². The number of thiophene rings is 1. The average Bonchev–Trinajstić information content (AvgIpc) is 3.38. The summed E-state index contributed by atoms with van der Waals surface area (Å²) in [6.07, 6.45) is 2.56. The number of aryl methyl sites for hydroxylation is 1. The van der Waals surface area contributed by atoms with Crippen molar-refractivity contribution in [2.24, 2.45) is 5.41 Å². The molecule has 2 heterocycles. The predicted octanol–water partition coefficient (Wildman–Crippen LogP) is 7.41. The zero-order chi connectivity index (χ0) is 28.3. The van der Waals surface area contributed by atoms with Gasteiger partial charge in [-0.2, -0.15) is 0 Å². The summed E-state index contributed by atoms with van der Waals surface area (Å²) in [4.78, 5) is 44.3. The van der Waals surface area contributed by atoms with Crippen LogP contribution in [0.1, 0.15) is 73.0 Å². The molecule has 0 aliphatic carbocycles. The molecule has 3 aromatic rings. The predicted molar refractivity (Wildman–Crippen MR) is 158 cm³/mol. The summed E-state index contributed by atoms with van der Waals surface area (Å²) in [5.41, 5.74) is 1.66. The van der Waals surface area contributed by atoms with Crippen LogP contribution < -0.4 is 9.80 Å². The summed E-state index contributed by atoms with van der Waals surface area (Å²) in [7, 11) is 0. The van der Waals surface area contributed by atoms with Crippen molar-refractivity contribution >= 4 is 52.1 Å². The molecule has 2 amide bonds. The number of likely N-dealkylation sites (N-methyl/N-ethyl adjacent to an activating group) is 1. The number of fused-ring (bicyclic) bond motifs is 1. The number of anilines is 2. The second-order valence-corrected chi connectivity index (χ2v) is 12.3. The Morgan fingerprint density at radius 3 is 2.44 bits per heavy atom. The van der Waals surface area contributed by atoms with E-state index >= 15 is 0 Å². The lowest BCUT2D eigenvalue weighted by Crippen LogP contribution is -2.46. The topological polar surface area (TPSA) is 77.9 Å². The molecule has 6 nitrogen and oxygen atoms in total. The van der Waals surface area contributed by atoms with Crippen molar-refractivity contribution < 1.29 is 19.5 Å². The van der Waals surface area contributed by atoms with Crippen LogP contribution in [0.25, 0.3) is 0 Å². The Bertz CT molecular complexity index is 1350. The molecule has 0 bridgehead atoms. The largest absolute Gasteiger partial charge is 0.481 e. The minimum Gasteiger partial charge on any atom is -0.481 e. The molecule has 0 saturated heterocycles. The smallest absolute Gasteiger partial charge is 0.309 e. The Balaban J connectivity index is 1.54. The molecule has 39 heavy (non-hydrogen) atoms. The van der Waals surface area contributed by atoms with Gasteiger partial charge in [-0.05, 0) is 101 Å². The summed E-state index contributed by atoms with van der Waals surface area (Å²) in [5.74, 6) is -1.23. The number of benzene rings is 2. The molecule has 0 fully saturated rings. The number of nitrogens with zero attached hydrogens (tertiary/aromatic N) is 2. The summed E-state index contributed by atoms with van der Waals surface area (Å²) in [6, 6.07) is 18.6. The summed E-state index contributed by atoms with van der Waals surface area (Å²) < 4.78 is 0. The standard InChI is InChI=1S/C31H35ClN2O4S/c1-5-33(22-14-12-21(32)13-15-22)28(35)25-19-20(2)34(26-11-7-6-10-24(25)26)29(36)27-17-16-23(39-27)9-8-18-31(3,4)30(37)38/h6-7,10-17,20,25H,5,8-9,18-19H2,1-4H3,(H,37,38)/t20-,25-/m0/s1. The lowest BCUT2D eigenvalue weighted by Gasteiger charge is -2.40. The third-order valence-corrected chi connectivity index (χ3v) is 8.89. The molecule has 0 unspecified atom stereocenters. The highest BCUT2D eigenvalue weighted by Crippen LogP contribution is 2.41. The van der Waals surface area contributed by atoms with Gasteiger partial charge in [-0.25, -0.2) is 0 Å². The number of carbonyl (C=O) groups is 3. The molecule has 0 spiro atoms. The number of aliphatic carboxylic acids is 1. The number of carboxylic acids is 1. The first-order valence-corrected chi connectivity index (χ1v) is 14.5. The van der Waals surface area contributed by atoms with Crippen molar-refractivity contribution in [2.45, 2.75) is 65.3 Å². The maximum atomic E-state index is 13.8. The number of rotatable bonds is 9. The van der Waals surface area contributed by atoms with Crippen LogP contribution in [0.4, 0.5) is 11.4 Å². The van der Waals surface area contributed by atoms with Crippen LogP contribution in [-0.4, -0.2) is 35.5 Å². The molecule has 1 aliphatic rings. The number of amides is 2. The zero-order valence-electron chi connectivity index (χ0n) is 22.8. The van der Waals surface area contributed by atoms with Crippen molar-refractivity contribution in [1.29, 1.82) is 0 Å². The Labute approximate surface area is 239 Å². The number of hydrogen-bond donors (Lipinski definition) is 1. The van der Waals surface area contributed by atoms with Gasteiger partial charge in [0, 0.05) is 33.9 Å². The monoisotopic (exact) mass is 566 g/mol. The molecule has 4 rings (SSSR count). The average molecular weight is 567 g/mol. The first-order chi connectivity index (χ1) is 18.5. The SMILES string of the molecule is CCN(C(=O)[C@H]1C[C@H](C)N(C(=O)c2ccc(CCCC(C)(C)C(=O)O)s2)c2ccccc21)c1ccc(Cl)cc1. The fourth-order valence-corrected chi connectivity index (χ4v) is 6.30. The van der Waals surface area contributed by atoms with Crippen LogP contribution in [0.15, 0.2) is 60.7 Å². The number of halogens is 1.